The molecule has 0 unspecified atom stereocenters. The van der Waals surface area contributed by atoms with Gasteiger partial charge in [0.1, 0.15) is 17.1 Å². The maximum absolute atomic E-state index is 6.65. The molecule has 2 aliphatic rings. The fourth-order valence-corrected chi connectivity index (χ4v) is 5.23. The second-order valence-corrected chi connectivity index (χ2v) is 9.92. The summed E-state index contributed by atoms with van der Waals surface area (Å²) >= 11 is 0. The van der Waals surface area contributed by atoms with Crippen LogP contribution in [0.15, 0.2) is 23.8 Å². The lowest BCUT2D eigenvalue weighted by atomic mass is 9.67. The first-order valence-corrected chi connectivity index (χ1v) is 12.3. The van der Waals surface area contributed by atoms with Crippen molar-refractivity contribution in [3.8, 4) is 11.5 Å². The molecule has 0 saturated heterocycles. The van der Waals surface area contributed by atoms with Gasteiger partial charge in [-0.25, -0.2) is 0 Å². The number of unbranched alkanes of at least 4 members (excludes halogenated alkanes) is 5. The zero-order valence-corrected chi connectivity index (χ0v) is 19.8. The predicted octanol–water partition coefficient (Wildman–Crippen LogP) is 6.93. The summed E-state index contributed by atoms with van der Waals surface area (Å²) in [4.78, 5) is 0. The number of allylic oxidation sites excluding steroid dienone is 2. The second kappa shape index (κ2) is 10.7. The van der Waals surface area contributed by atoms with Crippen LogP contribution in [0.3, 0.4) is 0 Å². The zero-order chi connectivity index (χ0) is 21.6. The number of ether oxygens (including phenoxy) is 2. The molecule has 0 amide bonds. The highest BCUT2D eigenvalue weighted by Crippen LogP contribution is 2.54. The molecule has 3 heteroatoms. The van der Waals surface area contributed by atoms with Crippen molar-refractivity contribution in [2.45, 2.75) is 103 Å². The largest absolute Gasteiger partial charge is 0.493 e. The highest BCUT2D eigenvalue weighted by Gasteiger charge is 2.45. The van der Waals surface area contributed by atoms with Gasteiger partial charge in [-0.3, -0.25) is 0 Å². The molecule has 0 bridgehead atoms. The Kier molecular flexibility index (Phi) is 8.27. The van der Waals surface area contributed by atoms with Crippen LogP contribution in [-0.4, -0.2) is 18.8 Å². The molecule has 0 aromatic heterocycles. The summed E-state index contributed by atoms with van der Waals surface area (Å²) in [6, 6.07) is 4.63. The molecule has 2 atom stereocenters. The third kappa shape index (κ3) is 5.60. The van der Waals surface area contributed by atoms with E-state index >= 15 is 0 Å². The van der Waals surface area contributed by atoms with Gasteiger partial charge in [0.05, 0.1) is 6.61 Å². The summed E-state index contributed by atoms with van der Waals surface area (Å²) in [5, 5.41) is 0. The Bertz CT molecular complexity index is 722. The number of hydrogen-bond donors (Lipinski definition) is 1. The van der Waals surface area contributed by atoms with Crippen LogP contribution in [0, 0.1) is 5.92 Å². The Morgan fingerprint density at radius 2 is 1.90 bits per heavy atom. The Morgan fingerprint density at radius 3 is 2.67 bits per heavy atom. The van der Waals surface area contributed by atoms with Crippen LogP contribution in [0.5, 0.6) is 11.5 Å². The number of rotatable bonds is 11. The first-order valence-electron chi connectivity index (χ1n) is 12.3. The molecule has 1 aromatic rings. The molecule has 1 aliphatic heterocycles. The lowest BCUT2D eigenvalue weighted by molar-refractivity contribution is 0.00723. The molecule has 0 radical (unpaired) electrons. The standard InChI is InChI=1S/C27H43NO2/c1-5-6-9-12-21-18-24(29-16-11-8-7-10-15-28)26-22-17-20(2)13-14-23(22)27(3,4)30-25(26)19-21/h13,18-19,22-23H,5-12,14-17,28H2,1-4H3/t22-,23-/m1/s1. The van der Waals surface area contributed by atoms with E-state index in [-0.39, 0.29) is 5.60 Å². The molecule has 0 saturated carbocycles. The molecule has 2 N–H and O–H groups in total. The van der Waals surface area contributed by atoms with E-state index in [4.69, 9.17) is 15.2 Å². The molecular weight excluding hydrogens is 370 g/mol. The summed E-state index contributed by atoms with van der Waals surface area (Å²) in [6.45, 7) is 10.6. The van der Waals surface area contributed by atoms with E-state index < -0.39 is 0 Å². The predicted molar refractivity (Wildman–Crippen MR) is 127 cm³/mol. The molecular formula is C27H43NO2. The fourth-order valence-electron chi connectivity index (χ4n) is 5.23. The monoisotopic (exact) mass is 413 g/mol. The average molecular weight is 414 g/mol. The molecule has 1 aromatic carbocycles. The Morgan fingerprint density at radius 1 is 1.10 bits per heavy atom. The van der Waals surface area contributed by atoms with Crippen LogP contribution in [0.25, 0.3) is 0 Å². The number of benzene rings is 1. The molecule has 0 fully saturated rings. The maximum Gasteiger partial charge on any atom is 0.127 e. The van der Waals surface area contributed by atoms with Gasteiger partial charge in [0, 0.05) is 17.4 Å². The third-order valence-electron chi connectivity index (χ3n) is 6.97. The van der Waals surface area contributed by atoms with Crippen molar-refractivity contribution in [2.75, 3.05) is 13.2 Å². The van der Waals surface area contributed by atoms with Gasteiger partial charge in [0.15, 0.2) is 0 Å². The van der Waals surface area contributed by atoms with Gasteiger partial charge < -0.3 is 15.2 Å². The highest BCUT2D eigenvalue weighted by atomic mass is 16.5. The van der Waals surface area contributed by atoms with E-state index in [1.165, 1.54) is 48.8 Å². The molecule has 1 heterocycles. The summed E-state index contributed by atoms with van der Waals surface area (Å²) < 4.78 is 13.1. The molecule has 0 spiro atoms. The minimum atomic E-state index is -0.142. The lowest BCUT2D eigenvalue weighted by Gasteiger charge is -2.47. The quantitative estimate of drug-likeness (QED) is 0.316. The topological polar surface area (TPSA) is 44.5 Å². The van der Waals surface area contributed by atoms with Crippen molar-refractivity contribution in [3.63, 3.8) is 0 Å². The van der Waals surface area contributed by atoms with Crippen molar-refractivity contribution in [3.05, 3.63) is 34.9 Å². The second-order valence-electron chi connectivity index (χ2n) is 9.92. The van der Waals surface area contributed by atoms with E-state index in [1.54, 1.807) is 0 Å². The van der Waals surface area contributed by atoms with E-state index in [0.29, 0.717) is 11.8 Å². The Hall–Kier alpha value is -1.48. The molecule has 3 nitrogen and oxygen atoms in total. The number of nitrogens with two attached hydrogens (primary N) is 1. The summed E-state index contributed by atoms with van der Waals surface area (Å²) in [5.74, 6) is 3.15. The summed E-state index contributed by atoms with van der Waals surface area (Å²) in [7, 11) is 0. The molecule has 168 valence electrons. The summed E-state index contributed by atoms with van der Waals surface area (Å²) in [5.41, 5.74) is 9.67. The van der Waals surface area contributed by atoms with Gasteiger partial charge >= 0.3 is 0 Å². The zero-order valence-electron chi connectivity index (χ0n) is 19.8. The van der Waals surface area contributed by atoms with Crippen LogP contribution in [0.1, 0.15) is 103 Å². The minimum absolute atomic E-state index is 0.142. The maximum atomic E-state index is 6.65. The van der Waals surface area contributed by atoms with Gasteiger partial charge in [-0.1, -0.05) is 44.3 Å². The molecule has 1 aliphatic carbocycles. The van der Waals surface area contributed by atoms with Crippen LogP contribution < -0.4 is 15.2 Å². The van der Waals surface area contributed by atoms with Crippen molar-refractivity contribution in [1.82, 2.24) is 0 Å². The number of fused-ring (bicyclic) bond motifs is 3. The minimum Gasteiger partial charge on any atom is -0.493 e. The van der Waals surface area contributed by atoms with Crippen LogP contribution >= 0.6 is 0 Å². The Labute approximate surface area is 184 Å². The highest BCUT2D eigenvalue weighted by molar-refractivity contribution is 5.53. The van der Waals surface area contributed by atoms with Gasteiger partial charge in [-0.2, -0.15) is 0 Å². The number of aryl methyl sites for hydroxylation is 1. The SMILES string of the molecule is CCCCCc1cc(OCCCCCCN)c2c(c1)OC(C)(C)[C@@H]1CC=C(C)C[C@@H]21. The normalized spacial score (nSPS) is 22.0. The van der Waals surface area contributed by atoms with E-state index in [1.807, 2.05) is 0 Å². The van der Waals surface area contributed by atoms with Gasteiger partial charge in [0.2, 0.25) is 0 Å². The van der Waals surface area contributed by atoms with Crippen molar-refractivity contribution in [2.24, 2.45) is 11.7 Å². The van der Waals surface area contributed by atoms with Crippen LogP contribution in [0.4, 0.5) is 0 Å². The molecule has 3 rings (SSSR count). The van der Waals surface area contributed by atoms with E-state index in [9.17, 15) is 0 Å². The third-order valence-corrected chi connectivity index (χ3v) is 6.97. The van der Waals surface area contributed by atoms with Crippen LogP contribution in [0.2, 0.25) is 0 Å². The van der Waals surface area contributed by atoms with Crippen LogP contribution in [-0.2, 0) is 6.42 Å². The van der Waals surface area contributed by atoms with Gasteiger partial charge in [0.25, 0.3) is 0 Å². The lowest BCUT2D eigenvalue weighted by Crippen LogP contribution is -2.45. The first-order chi connectivity index (χ1) is 14.5. The molecule has 30 heavy (non-hydrogen) atoms. The summed E-state index contributed by atoms with van der Waals surface area (Å²) in [6.07, 6.45) is 14.1. The number of hydrogen-bond acceptors (Lipinski definition) is 3. The van der Waals surface area contributed by atoms with Crippen molar-refractivity contribution >= 4 is 0 Å². The average Bonchev–Trinajstić information content (AvgIpc) is 2.69. The van der Waals surface area contributed by atoms with E-state index in [0.717, 1.165) is 56.8 Å². The van der Waals surface area contributed by atoms with Crippen molar-refractivity contribution in [1.29, 1.82) is 0 Å². The Balaban J connectivity index is 1.85. The van der Waals surface area contributed by atoms with E-state index in [2.05, 4.69) is 45.9 Å². The fraction of sp³-hybridized carbons (Fsp3) is 0.704. The van der Waals surface area contributed by atoms with Crippen molar-refractivity contribution < 1.29 is 9.47 Å². The van der Waals surface area contributed by atoms with Gasteiger partial charge in [-0.15, -0.1) is 0 Å². The van der Waals surface area contributed by atoms with Gasteiger partial charge in [-0.05, 0) is 83.5 Å². The first kappa shape index (κ1) is 23.2. The smallest absolute Gasteiger partial charge is 0.127 e.